The summed E-state index contributed by atoms with van der Waals surface area (Å²) in [7, 11) is -3.55. The first kappa shape index (κ1) is 15.7. The lowest BCUT2D eigenvalue weighted by atomic mass is 10.1. The molecule has 1 aliphatic rings. The molecule has 23 heavy (non-hydrogen) atoms. The maximum atomic E-state index is 12.7. The van der Waals surface area contributed by atoms with Crippen LogP contribution in [-0.2, 0) is 10.0 Å². The summed E-state index contributed by atoms with van der Waals surface area (Å²) in [6.45, 7) is 3.15. The van der Waals surface area contributed by atoms with Gasteiger partial charge in [0.15, 0.2) is 5.03 Å². The highest BCUT2D eigenvalue weighted by Gasteiger charge is 2.31. The van der Waals surface area contributed by atoms with Crippen LogP contribution in [0.3, 0.4) is 0 Å². The van der Waals surface area contributed by atoms with Crippen molar-refractivity contribution in [2.45, 2.75) is 18.4 Å². The molecule has 0 radical (unpaired) electrons. The maximum absolute atomic E-state index is 12.7. The fraction of sp³-hybridized carbons (Fsp3) is 0.294. The van der Waals surface area contributed by atoms with Crippen LogP contribution in [0.2, 0.25) is 0 Å². The molecule has 1 aliphatic heterocycles. The van der Waals surface area contributed by atoms with Crippen molar-refractivity contribution >= 4 is 10.0 Å². The van der Waals surface area contributed by atoms with Crippen molar-refractivity contribution in [1.82, 2.24) is 9.29 Å². The number of hydrogen-bond donors (Lipinski definition) is 0. The van der Waals surface area contributed by atoms with E-state index in [2.05, 4.69) is 18.0 Å². The van der Waals surface area contributed by atoms with Crippen LogP contribution in [0, 0.1) is 17.2 Å². The number of rotatable bonds is 3. The van der Waals surface area contributed by atoms with E-state index in [1.54, 1.807) is 36.4 Å². The zero-order valence-electron chi connectivity index (χ0n) is 12.8. The van der Waals surface area contributed by atoms with E-state index in [-0.39, 0.29) is 5.03 Å². The van der Waals surface area contributed by atoms with Crippen LogP contribution in [0.1, 0.15) is 18.9 Å². The average Bonchev–Trinajstić information content (AvgIpc) is 3.02. The smallest absolute Gasteiger partial charge is 0.235 e. The van der Waals surface area contributed by atoms with Crippen molar-refractivity contribution in [1.29, 1.82) is 5.26 Å². The number of aromatic nitrogens is 1. The van der Waals surface area contributed by atoms with Gasteiger partial charge in [-0.3, -0.25) is 0 Å². The first-order chi connectivity index (χ1) is 11.0. The Morgan fingerprint density at radius 1 is 1.22 bits per heavy atom. The fourth-order valence-corrected chi connectivity index (χ4v) is 4.21. The zero-order chi connectivity index (χ0) is 16.4. The summed E-state index contributed by atoms with van der Waals surface area (Å²) in [5.74, 6) is 0.381. The van der Waals surface area contributed by atoms with Gasteiger partial charge in [0.05, 0.1) is 17.3 Å². The van der Waals surface area contributed by atoms with Gasteiger partial charge >= 0.3 is 0 Å². The molecule has 0 bridgehead atoms. The van der Waals surface area contributed by atoms with Crippen LogP contribution in [0.15, 0.2) is 47.5 Å². The highest BCUT2D eigenvalue weighted by atomic mass is 32.2. The van der Waals surface area contributed by atoms with E-state index in [9.17, 15) is 8.42 Å². The van der Waals surface area contributed by atoms with E-state index in [0.717, 1.165) is 12.0 Å². The summed E-state index contributed by atoms with van der Waals surface area (Å²) < 4.78 is 26.9. The molecule has 0 N–H and O–H groups in total. The SMILES string of the molecule is CC1CCN(S(=O)(=O)c2cccc(-c3ccc(C#N)cc3)n2)C1. The van der Waals surface area contributed by atoms with Crippen molar-refractivity contribution in [2.75, 3.05) is 13.1 Å². The minimum atomic E-state index is -3.55. The highest BCUT2D eigenvalue weighted by Crippen LogP contribution is 2.25. The minimum Gasteiger partial charge on any atom is -0.235 e. The predicted molar refractivity (Wildman–Crippen MR) is 86.9 cm³/mol. The molecular formula is C17H17N3O2S. The Hall–Kier alpha value is -2.23. The van der Waals surface area contributed by atoms with Gasteiger partial charge in [0.2, 0.25) is 0 Å². The van der Waals surface area contributed by atoms with Gasteiger partial charge in [0.25, 0.3) is 10.0 Å². The normalized spacial score (nSPS) is 18.7. The summed E-state index contributed by atoms with van der Waals surface area (Å²) >= 11 is 0. The van der Waals surface area contributed by atoms with Crippen LogP contribution in [-0.4, -0.2) is 30.8 Å². The third kappa shape index (κ3) is 3.11. The molecule has 0 saturated carbocycles. The lowest BCUT2D eigenvalue weighted by Crippen LogP contribution is -2.29. The predicted octanol–water partition coefficient (Wildman–Crippen LogP) is 2.65. The van der Waals surface area contributed by atoms with Crippen molar-refractivity contribution in [3.8, 4) is 17.3 Å². The molecule has 5 nitrogen and oxygen atoms in total. The van der Waals surface area contributed by atoms with E-state index >= 15 is 0 Å². The highest BCUT2D eigenvalue weighted by molar-refractivity contribution is 7.89. The molecule has 1 unspecified atom stereocenters. The summed E-state index contributed by atoms with van der Waals surface area (Å²) in [6.07, 6.45) is 0.883. The van der Waals surface area contributed by atoms with Crippen LogP contribution in [0.4, 0.5) is 0 Å². The van der Waals surface area contributed by atoms with Gasteiger partial charge in [-0.1, -0.05) is 25.1 Å². The fourth-order valence-electron chi connectivity index (χ4n) is 2.68. The number of nitrogens with zero attached hydrogens (tertiary/aromatic N) is 3. The van der Waals surface area contributed by atoms with Crippen LogP contribution >= 0.6 is 0 Å². The van der Waals surface area contributed by atoms with Gasteiger partial charge in [0, 0.05) is 18.7 Å². The molecule has 0 amide bonds. The van der Waals surface area contributed by atoms with Gasteiger partial charge in [-0.15, -0.1) is 0 Å². The molecule has 1 fully saturated rings. The molecule has 1 saturated heterocycles. The molecule has 6 heteroatoms. The zero-order valence-corrected chi connectivity index (χ0v) is 13.6. The maximum Gasteiger partial charge on any atom is 0.260 e. The van der Waals surface area contributed by atoms with Crippen molar-refractivity contribution < 1.29 is 8.42 Å². The van der Waals surface area contributed by atoms with Gasteiger partial charge in [0.1, 0.15) is 0 Å². The van der Waals surface area contributed by atoms with E-state index in [1.807, 2.05) is 0 Å². The number of benzene rings is 1. The van der Waals surface area contributed by atoms with Gasteiger partial charge in [-0.05, 0) is 36.6 Å². The largest absolute Gasteiger partial charge is 0.260 e. The minimum absolute atomic E-state index is 0.0773. The molecule has 1 aromatic carbocycles. The van der Waals surface area contributed by atoms with Gasteiger partial charge in [-0.2, -0.15) is 9.57 Å². The molecule has 2 aromatic rings. The Morgan fingerprint density at radius 2 is 1.96 bits per heavy atom. The number of nitriles is 1. The summed E-state index contributed by atoms with van der Waals surface area (Å²) in [6, 6.07) is 14.0. The van der Waals surface area contributed by atoms with Crippen molar-refractivity contribution in [2.24, 2.45) is 5.92 Å². The quantitative estimate of drug-likeness (QED) is 0.868. The van der Waals surface area contributed by atoms with E-state index in [4.69, 9.17) is 5.26 Å². The number of sulfonamides is 1. The third-order valence-electron chi connectivity index (χ3n) is 4.02. The average molecular weight is 327 g/mol. The van der Waals surface area contributed by atoms with Crippen LogP contribution in [0.25, 0.3) is 11.3 Å². The number of pyridine rings is 1. The first-order valence-corrected chi connectivity index (χ1v) is 8.92. The Kier molecular flexibility index (Phi) is 4.16. The monoisotopic (exact) mass is 327 g/mol. The van der Waals surface area contributed by atoms with E-state index in [0.29, 0.717) is 30.3 Å². The molecule has 1 aromatic heterocycles. The summed E-state index contributed by atoms with van der Waals surface area (Å²) in [5, 5.41) is 8.92. The summed E-state index contributed by atoms with van der Waals surface area (Å²) in [4.78, 5) is 4.33. The van der Waals surface area contributed by atoms with Crippen molar-refractivity contribution in [3.63, 3.8) is 0 Å². The Balaban J connectivity index is 1.94. The summed E-state index contributed by atoms with van der Waals surface area (Å²) in [5.41, 5.74) is 1.93. The van der Waals surface area contributed by atoms with Crippen LogP contribution < -0.4 is 0 Å². The third-order valence-corrected chi connectivity index (χ3v) is 5.79. The lowest BCUT2D eigenvalue weighted by molar-refractivity contribution is 0.462. The molecule has 2 heterocycles. The molecule has 118 valence electrons. The van der Waals surface area contributed by atoms with E-state index in [1.165, 1.54) is 10.4 Å². The second kappa shape index (κ2) is 6.11. The first-order valence-electron chi connectivity index (χ1n) is 7.48. The molecule has 3 rings (SSSR count). The van der Waals surface area contributed by atoms with Crippen molar-refractivity contribution in [3.05, 3.63) is 48.0 Å². The second-order valence-corrected chi connectivity index (χ2v) is 7.69. The number of hydrogen-bond acceptors (Lipinski definition) is 4. The molecule has 1 atom stereocenters. The topological polar surface area (TPSA) is 74.1 Å². The molecule has 0 aliphatic carbocycles. The van der Waals surface area contributed by atoms with E-state index < -0.39 is 10.0 Å². The molecule has 0 spiro atoms. The van der Waals surface area contributed by atoms with Gasteiger partial charge < -0.3 is 0 Å². The molecular weight excluding hydrogens is 310 g/mol. The Labute approximate surface area is 136 Å². The standard InChI is InChI=1S/C17H17N3O2S/c1-13-9-10-20(12-13)23(21,22)17-4-2-3-16(19-17)15-7-5-14(11-18)6-8-15/h2-8,13H,9-10,12H2,1H3. The lowest BCUT2D eigenvalue weighted by Gasteiger charge is -2.15. The Morgan fingerprint density at radius 3 is 2.57 bits per heavy atom. The van der Waals surface area contributed by atoms with Crippen LogP contribution in [0.5, 0.6) is 0 Å². The van der Waals surface area contributed by atoms with Gasteiger partial charge in [-0.25, -0.2) is 13.4 Å². The second-order valence-electron chi connectivity index (χ2n) is 5.81. The Bertz CT molecular complexity index is 854.